The van der Waals surface area contributed by atoms with E-state index in [9.17, 15) is 4.79 Å². The first-order valence-corrected chi connectivity index (χ1v) is 11.9. The second-order valence-corrected chi connectivity index (χ2v) is 8.85. The SMILES string of the molecule is O=C(NCc1ccc(N2CCCCCC2)nc1)c1cc2ccccc2nc1N1CCCC1. The average molecular weight is 430 g/mol. The van der Waals surface area contributed by atoms with Gasteiger partial charge in [-0.1, -0.05) is 37.1 Å². The van der Waals surface area contributed by atoms with E-state index in [1.165, 1.54) is 25.7 Å². The highest BCUT2D eigenvalue weighted by atomic mass is 16.1. The molecule has 2 aromatic heterocycles. The van der Waals surface area contributed by atoms with Gasteiger partial charge < -0.3 is 15.1 Å². The minimum absolute atomic E-state index is 0.0817. The van der Waals surface area contributed by atoms with E-state index >= 15 is 0 Å². The highest BCUT2D eigenvalue weighted by molar-refractivity contribution is 6.02. The monoisotopic (exact) mass is 429 g/mol. The summed E-state index contributed by atoms with van der Waals surface area (Å²) in [5.41, 5.74) is 2.59. The normalized spacial score (nSPS) is 16.9. The molecule has 0 spiro atoms. The molecule has 0 atom stereocenters. The molecule has 1 N–H and O–H groups in total. The van der Waals surface area contributed by atoms with Crippen molar-refractivity contribution in [2.75, 3.05) is 36.0 Å². The Morgan fingerprint density at radius 3 is 2.34 bits per heavy atom. The lowest BCUT2D eigenvalue weighted by molar-refractivity contribution is 0.0951. The van der Waals surface area contributed by atoms with Crippen molar-refractivity contribution in [1.29, 1.82) is 0 Å². The van der Waals surface area contributed by atoms with Crippen molar-refractivity contribution >= 4 is 28.4 Å². The van der Waals surface area contributed by atoms with Crippen LogP contribution in [0.5, 0.6) is 0 Å². The number of pyridine rings is 2. The first-order chi connectivity index (χ1) is 15.8. The topological polar surface area (TPSA) is 61.4 Å². The number of nitrogens with zero attached hydrogens (tertiary/aromatic N) is 4. The molecule has 5 rings (SSSR count). The van der Waals surface area contributed by atoms with Crippen LogP contribution in [0.25, 0.3) is 10.9 Å². The van der Waals surface area contributed by atoms with E-state index in [0.717, 1.165) is 67.1 Å². The molecule has 0 aliphatic carbocycles. The average Bonchev–Trinajstić information content (AvgIpc) is 3.24. The zero-order chi connectivity index (χ0) is 21.8. The fourth-order valence-corrected chi connectivity index (χ4v) is 4.73. The van der Waals surface area contributed by atoms with Gasteiger partial charge in [0, 0.05) is 44.3 Å². The van der Waals surface area contributed by atoms with Crippen LogP contribution in [0.15, 0.2) is 48.7 Å². The number of carbonyl (C=O) groups excluding carboxylic acids is 1. The number of rotatable bonds is 5. The lowest BCUT2D eigenvalue weighted by atomic mass is 10.1. The number of hydrogen-bond donors (Lipinski definition) is 1. The van der Waals surface area contributed by atoms with E-state index in [4.69, 9.17) is 4.98 Å². The predicted octanol–water partition coefficient (Wildman–Crippen LogP) is 4.54. The number of benzene rings is 1. The molecule has 2 fully saturated rings. The molecule has 6 heteroatoms. The van der Waals surface area contributed by atoms with Gasteiger partial charge in [0.25, 0.3) is 5.91 Å². The minimum Gasteiger partial charge on any atom is -0.357 e. The third-order valence-corrected chi connectivity index (χ3v) is 6.55. The summed E-state index contributed by atoms with van der Waals surface area (Å²) in [6, 6.07) is 14.1. The van der Waals surface area contributed by atoms with Crippen LogP contribution in [0.1, 0.15) is 54.4 Å². The van der Waals surface area contributed by atoms with Crippen LogP contribution in [-0.2, 0) is 6.54 Å². The van der Waals surface area contributed by atoms with Gasteiger partial charge in [-0.05, 0) is 49.4 Å². The molecule has 166 valence electrons. The van der Waals surface area contributed by atoms with Crippen LogP contribution in [-0.4, -0.2) is 42.1 Å². The van der Waals surface area contributed by atoms with Crippen LogP contribution in [0, 0.1) is 0 Å². The van der Waals surface area contributed by atoms with Gasteiger partial charge in [0.2, 0.25) is 0 Å². The summed E-state index contributed by atoms with van der Waals surface area (Å²) in [5.74, 6) is 1.76. The smallest absolute Gasteiger partial charge is 0.255 e. The number of fused-ring (bicyclic) bond motifs is 1. The highest BCUT2D eigenvalue weighted by Crippen LogP contribution is 2.26. The Balaban J connectivity index is 1.31. The maximum atomic E-state index is 13.2. The largest absolute Gasteiger partial charge is 0.357 e. The number of amides is 1. The summed E-state index contributed by atoms with van der Waals surface area (Å²) in [6.45, 7) is 4.52. The van der Waals surface area contributed by atoms with Gasteiger partial charge in [0.15, 0.2) is 0 Å². The van der Waals surface area contributed by atoms with Crippen molar-refractivity contribution in [2.45, 2.75) is 45.1 Å². The van der Waals surface area contributed by atoms with E-state index in [0.29, 0.717) is 12.1 Å². The van der Waals surface area contributed by atoms with E-state index < -0.39 is 0 Å². The third kappa shape index (κ3) is 4.54. The van der Waals surface area contributed by atoms with Crippen LogP contribution in [0.3, 0.4) is 0 Å². The van der Waals surface area contributed by atoms with Gasteiger partial charge in [0.1, 0.15) is 11.6 Å². The summed E-state index contributed by atoms with van der Waals surface area (Å²) in [6.07, 6.45) is 9.26. The second kappa shape index (κ2) is 9.55. The highest BCUT2D eigenvalue weighted by Gasteiger charge is 2.22. The molecule has 2 aliphatic heterocycles. The van der Waals surface area contributed by atoms with Gasteiger partial charge in [-0.2, -0.15) is 0 Å². The Labute approximate surface area is 189 Å². The number of anilines is 2. The Morgan fingerprint density at radius 2 is 1.59 bits per heavy atom. The molecule has 4 heterocycles. The Hall–Kier alpha value is -3.15. The first-order valence-electron chi connectivity index (χ1n) is 11.9. The molecule has 6 nitrogen and oxygen atoms in total. The maximum Gasteiger partial charge on any atom is 0.255 e. The van der Waals surface area contributed by atoms with E-state index in [2.05, 4.69) is 32.2 Å². The van der Waals surface area contributed by atoms with Crippen molar-refractivity contribution in [3.8, 4) is 0 Å². The van der Waals surface area contributed by atoms with Crippen molar-refractivity contribution in [2.24, 2.45) is 0 Å². The Morgan fingerprint density at radius 1 is 0.875 bits per heavy atom. The molecule has 0 bridgehead atoms. The molecular formula is C26H31N5O. The zero-order valence-corrected chi connectivity index (χ0v) is 18.6. The summed E-state index contributed by atoms with van der Waals surface area (Å²) in [7, 11) is 0. The molecular weight excluding hydrogens is 398 g/mol. The fourth-order valence-electron chi connectivity index (χ4n) is 4.73. The van der Waals surface area contributed by atoms with Gasteiger partial charge in [-0.3, -0.25) is 4.79 Å². The molecule has 1 amide bonds. The van der Waals surface area contributed by atoms with E-state index in [1.54, 1.807) is 0 Å². The molecule has 1 aromatic carbocycles. The van der Waals surface area contributed by atoms with Crippen LogP contribution >= 0.6 is 0 Å². The molecule has 2 saturated heterocycles. The third-order valence-electron chi connectivity index (χ3n) is 6.55. The number of nitrogens with one attached hydrogen (secondary N) is 1. The standard InChI is InChI=1S/C26H31N5O/c32-26(28-19-20-11-12-24(27-18-20)30-13-5-1-2-6-14-30)22-17-21-9-3-4-10-23(21)29-25(22)31-15-7-8-16-31/h3-4,9-12,17-18H,1-2,5-8,13-16,19H2,(H,28,32). The molecule has 2 aliphatic rings. The predicted molar refractivity (Wildman–Crippen MR) is 129 cm³/mol. The first kappa shape index (κ1) is 20.7. The summed E-state index contributed by atoms with van der Waals surface area (Å²) < 4.78 is 0. The van der Waals surface area contributed by atoms with Crippen molar-refractivity contribution in [1.82, 2.24) is 15.3 Å². The Bertz CT molecular complexity index is 1070. The number of para-hydroxylation sites is 1. The van der Waals surface area contributed by atoms with Crippen LogP contribution in [0.2, 0.25) is 0 Å². The molecule has 0 radical (unpaired) electrons. The summed E-state index contributed by atoms with van der Waals surface area (Å²) in [5, 5.41) is 4.08. The number of hydrogen-bond acceptors (Lipinski definition) is 5. The summed E-state index contributed by atoms with van der Waals surface area (Å²) >= 11 is 0. The van der Waals surface area contributed by atoms with Crippen LogP contribution < -0.4 is 15.1 Å². The maximum absolute atomic E-state index is 13.2. The number of aromatic nitrogens is 2. The summed E-state index contributed by atoms with van der Waals surface area (Å²) in [4.78, 5) is 27.3. The lowest BCUT2D eigenvalue weighted by Crippen LogP contribution is -2.28. The fraction of sp³-hybridized carbons (Fsp3) is 0.423. The van der Waals surface area contributed by atoms with E-state index in [-0.39, 0.29) is 5.91 Å². The van der Waals surface area contributed by atoms with Crippen molar-refractivity contribution in [3.63, 3.8) is 0 Å². The second-order valence-electron chi connectivity index (χ2n) is 8.85. The molecule has 32 heavy (non-hydrogen) atoms. The van der Waals surface area contributed by atoms with Gasteiger partial charge in [-0.15, -0.1) is 0 Å². The molecule has 0 unspecified atom stereocenters. The zero-order valence-electron chi connectivity index (χ0n) is 18.6. The Kier molecular flexibility index (Phi) is 6.19. The number of carbonyl (C=O) groups is 1. The molecule has 3 aromatic rings. The van der Waals surface area contributed by atoms with Crippen molar-refractivity contribution in [3.05, 3.63) is 59.8 Å². The quantitative estimate of drug-likeness (QED) is 0.645. The van der Waals surface area contributed by atoms with Gasteiger partial charge in [-0.25, -0.2) is 9.97 Å². The lowest BCUT2D eigenvalue weighted by Gasteiger charge is -2.21. The van der Waals surface area contributed by atoms with Crippen LogP contribution in [0.4, 0.5) is 11.6 Å². The van der Waals surface area contributed by atoms with Gasteiger partial charge >= 0.3 is 0 Å². The van der Waals surface area contributed by atoms with Crippen molar-refractivity contribution < 1.29 is 4.79 Å². The van der Waals surface area contributed by atoms with E-state index in [1.807, 2.05) is 36.5 Å². The van der Waals surface area contributed by atoms with Gasteiger partial charge in [0.05, 0.1) is 11.1 Å². The molecule has 0 saturated carbocycles. The minimum atomic E-state index is -0.0817.